The number of aromatic nitrogens is 1. The highest BCUT2D eigenvalue weighted by atomic mass is 19.1. The number of nitrogens with two attached hydrogens (primary N) is 1. The highest BCUT2D eigenvalue weighted by Gasteiger charge is 2.08. The van der Waals surface area contributed by atoms with Gasteiger partial charge in [0, 0.05) is 11.9 Å². The van der Waals surface area contributed by atoms with Gasteiger partial charge in [-0.05, 0) is 13.0 Å². The number of halogens is 1. The summed E-state index contributed by atoms with van der Waals surface area (Å²) >= 11 is 0. The number of nitrogen functional groups attached to an aromatic ring is 1. The van der Waals surface area contributed by atoms with Crippen LogP contribution in [0.5, 0.6) is 0 Å². The van der Waals surface area contributed by atoms with Gasteiger partial charge in [-0.25, -0.2) is 4.39 Å². The molecular weight excluding hydrogens is 193 g/mol. The van der Waals surface area contributed by atoms with Gasteiger partial charge in [0.2, 0.25) is 0 Å². The summed E-state index contributed by atoms with van der Waals surface area (Å²) in [7, 11) is 0. The molecule has 0 atom stereocenters. The number of hydrogen-bond acceptors (Lipinski definition) is 3. The van der Waals surface area contributed by atoms with Crippen LogP contribution in [0.4, 0.5) is 15.8 Å². The molecule has 0 aliphatic rings. The fraction of sp³-hybridized carbons (Fsp3) is 0.182. The van der Waals surface area contributed by atoms with E-state index in [1.165, 1.54) is 12.3 Å². The van der Waals surface area contributed by atoms with Crippen molar-refractivity contribution in [3.05, 3.63) is 30.2 Å². The summed E-state index contributed by atoms with van der Waals surface area (Å²) < 4.78 is 13.4. The van der Waals surface area contributed by atoms with Crippen molar-refractivity contribution in [2.45, 2.75) is 6.92 Å². The van der Waals surface area contributed by atoms with Crippen LogP contribution in [0, 0.1) is 5.82 Å². The quantitative estimate of drug-likeness (QED) is 0.791. The Balaban J connectivity index is 2.75. The van der Waals surface area contributed by atoms with Crippen molar-refractivity contribution in [2.75, 3.05) is 17.6 Å². The fourth-order valence-electron chi connectivity index (χ4n) is 1.58. The molecule has 1 heterocycles. The van der Waals surface area contributed by atoms with Crippen LogP contribution in [-0.2, 0) is 0 Å². The molecule has 3 N–H and O–H groups in total. The number of pyridine rings is 1. The standard InChI is InChI=1S/C11H12FN3/c1-2-14-11-7-4-3-5-8(12)10(7)15-6-9(11)13/h3-6H,2,13H2,1H3,(H,14,15). The van der Waals surface area contributed by atoms with Crippen LogP contribution in [0.25, 0.3) is 10.9 Å². The van der Waals surface area contributed by atoms with Gasteiger partial charge in [0.25, 0.3) is 0 Å². The first-order valence-corrected chi connectivity index (χ1v) is 4.80. The van der Waals surface area contributed by atoms with E-state index in [4.69, 9.17) is 5.73 Å². The molecule has 2 rings (SSSR count). The van der Waals surface area contributed by atoms with Gasteiger partial charge >= 0.3 is 0 Å². The topological polar surface area (TPSA) is 50.9 Å². The molecule has 0 spiro atoms. The maximum atomic E-state index is 13.4. The van der Waals surface area contributed by atoms with Gasteiger partial charge in [-0.1, -0.05) is 12.1 Å². The Labute approximate surface area is 87.1 Å². The minimum atomic E-state index is -0.327. The molecule has 4 heteroatoms. The van der Waals surface area contributed by atoms with Crippen LogP contribution in [0.3, 0.4) is 0 Å². The molecule has 0 bridgehead atoms. The minimum absolute atomic E-state index is 0.327. The van der Waals surface area contributed by atoms with Crippen molar-refractivity contribution in [3.8, 4) is 0 Å². The molecule has 0 fully saturated rings. The van der Waals surface area contributed by atoms with E-state index in [2.05, 4.69) is 10.3 Å². The third-order valence-electron chi connectivity index (χ3n) is 2.23. The Morgan fingerprint density at radius 2 is 2.27 bits per heavy atom. The van der Waals surface area contributed by atoms with Gasteiger partial charge in [-0.2, -0.15) is 0 Å². The molecule has 0 unspecified atom stereocenters. The SMILES string of the molecule is CCNc1c(N)cnc2c(F)cccc12. The molecule has 78 valence electrons. The molecule has 1 aromatic carbocycles. The third-order valence-corrected chi connectivity index (χ3v) is 2.23. The molecule has 2 aromatic rings. The zero-order valence-corrected chi connectivity index (χ0v) is 8.42. The minimum Gasteiger partial charge on any atom is -0.396 e. The van der Waals surface area contributed by atoms with E-state index in [9.17, 15) is 4.39 Å². The summed E-state index contributed by atoms with van der Waals surface area (Å²) in [6.07, 6.45) is 1.48. The molecule has 1 aromatic heterocycles. The lowest BCUT2D eigenvalue weighted by Crippen LogP contribution is -2.03. The van der Waals surface area contributed by atoms with Gasteiger partial charge in [0.1, 0.15) is 11.3 Å². The normalized spacial score (nSPS) is 10.5. The van der Waals surface area contributed by atoms with E-state index >= 15 is 0 Å². The largest absolute Gasteiger partial charge is 0.396 e. The lowest BCUT2D eigenvalue weighted by Gasteiger charge is -2.10. The summed E-state index contributed by atoms with van der Waals surface area (Å²) in [5.74, 6) is -0.327. The van der Waals surface area contributed by atoms with Crippen molar-refractivity contribution in [1.29, 1.82) is 0 Å². The van der Waals surface area contributed by atoms with E-state index in [0.717, 1.165) is 17.6 Å². The van der Waals surface area contributed by atoms with Gasteiger partial charge in [-0.3, -0.25) is 4.98 Å². The van der Waals surface area contributed by atoms with E-state index < -0.39 is 0 Å². The first kappa shape index (κ1) is 9.71. The smallest absolute Gasteiger partial charge is 0.149 e. The van der Waals surface area contributed by atoms with Crippen molar-refractivity contribution < 1.29 is 4.39 Å². The van der Waals surface area contributed by atoms with Gasteiger partial charge in [0.15, 0.2) is 0 Å². The van der Waals surface area contributed by atoms with Crippen LogP contribution < -0.4 is 11.1 Å². The van der Waals surface area contributed by atoms with Crippen LogP contribution in [-0.4, -0.2) is 11.5 Å². The molecular formula is C11H12FN3. The lowest BCUT2D eigenvalue weighted by molar-refractivity contribution is 0.637. The Morgan fingerprint density at radius 1 is 1.47 bits per heavy atom. The van der Waals surface area contributed by atoms with Gasteiger partial charge in [-0.15, -0.1) is 0 Å². The van der Waals surface area contributed by atoms with Crippen LogP contribution in [0.15, 0.2) is 24.4 Å². The Bertz CT molecular complexity index is 496. The monoisotopic (exact) mass is 205 g/mol. The number of rotatable bonds is 2. The predicted octanol–water partition coefficient (Wildman–Crippen LogP) is 2.39. The summed E-state index contributed by atoms with van der Waals surface area (Å²) in [5.41, 5.74) is 7.41. The summed E-state index contributed by atoms with van der Waals surface area (Å²) in [4.78, 5) is 3.98. The van der Waals surface area contributed by atoms with Crippen molar-refractivity contribution in [2.24, 2.45) is 0 Å². The van der Waals surface area contributed by atoms with Crippen molar-refractivity contribution in [1.82, 2.24) is 4.98 Å². The fourth-order valence-corrected chi connectivity index (χ4v) is 1.58. The van der Waals surface area contributed by atoms with E-state index in [1.807, 2.05) is 6.92 Å². The number of para-hydroxylation sites is 1. The zero-order valence-electron chi connectivity index (χ0n) is 8.42. The Kier molecular flexibility index (Phi) is 2.41. The number of fused-ring (bicyclic) bond motifs is 1. The molecule has 0 saturated heterocycles. The van der Waals surface area contributed by atoms with Gasteiger partial charge < -0.3 is 11.1 Å². The summed E-state index contributed by atoms with van der Waals surface area (Å²) in [6.45, 7) is 2.70. The van der Waals surface area contributed by atoms with E-state index in [0.29, 0.717) is 11.2 Å². The number of nitrogens with zero attached hydrogens (tertiary/aromatic N) is 1. The van der Waals surface area contributed by atoms with E-state index in [1.54, 1.807) is 12.1 Å². The molecule has 15 heavy (non-hydrogen) atoms. The van der Waals surface area contributed by atoms with E-state index in [-0.39, 0.29) is 5.82 Å². The number of benzene rings is 1. The molecule has 0 aliphatic carbocycles. The Hall–Kier alpha value is -1.84. The second-order valence-electron chi connectivity index (χ2n) is 3.25. The van der Waals surface area contributed by atoms with Crippen molar-refractivity contribution in [3.63, 3.8) is 0 Å². The number of nitrogens with one attached hydrogen (secondary N) is 1. The van der Waals surface area contributed by atoms with Gasteiger partial charge in [0.05, 0.1) is 17.6 Å². The first-order chi connectivity index (χ1) is 7.24. The second kappa shape index (κ2) is 3.73. The number of anilines is 2. The average molecular weight is 205 g/mol. The molecule has 0 radical (unpaired) electrons. The zero-order chi connectivity index (χ0) is 10.8. The first-order valence-electron chi connectivity index (χ1n) is 4.80. The van der Waals surface area contributed by atoms with Crippen LogP contribution in [0.1, 0.15) is 6.92 Å². The summed E-state index contributed by atoms with van der Waals surface area (Å²) in [5, 5.41) is 3.83. The predicted molar refractivity (Wildman–Crippen MR) is 60.3 cm³/mol. The lowest BCUT2D eigenvalue weighted by atomic mass is 10.1. The molecule has 0 amide bonds. The highest BCUT2D eigenvalue weighted by Crippen LogP contribution is 2.28. The molecule has 0 aliphatic heterocycles. The second-order valence-corrected chi connectivity index (χ2v) is 3.25. The average Bonchev–Trinajstić information content (AvgIpc) is 2.23. The molecule has 0 saturated carbocycles. The third kappa shape index (κ3) is 1.58. The number of hydrogen-bond donors (Lipinski definition) is 2. The van der Waals surface area contributed by atoms with Crippen molar-refractivity contribution >= 4 is 22.3 Å². The Morgan fingerprint density at radius 3 is 3.00 bits per heavy atom. The molecule has 3 nitrogen and oxygen atoms in total. The maximum Gasteiger partial charge on any atom is 0.149 e. The highest BCUT2D eigenvalue weighted by molar-refractivity contribution is 5.97. The maximum absolute atomic E-state index is 13.4. The van der Waals surface area contributed by atoms with Crippen LogP contribution in [0.2, 0.25) is 0 Å². The van der Waals surface area contributed by atoms with Crippen LogP contribution >= 0.6 is 0 Å². The summed E-state index contributed by atoms with van der Waals surface area (Å²) in [6, 6.07) is 4.85.